The van der Waals surface area contributed by atoms with Gasteiger partial charge in [0.25, 0.3) is 5.91 Å². The number of carbonyl (C=O) groups is 1. The van der Waals surface area contributed by atoms with Gasteiger partial charge in [-0.1, -0.05) is 23.7 Å². The van der Waals surface area contributed by atoms with Crippen LogP contribution in [0.3, 0.4) is 0 Å². The van der Waals surface area contributed by atoms with E-state index in [1.807, 2.05) is 12.1 Å². The SMILES string of the molecule is CN(C)C(=O)c1ccc(N)c(Oc2ccccc2Cl)c1. The van der Waals surface area contributed by atoms with E-state index in [9.17, 15) is 4.79 Å². The molecule has 0 saturated heterocycles. The Morgan fingerprint density at radius 1 is 1.15 bits per heavy atom. The molecule has 0 fully saturated rings. The van der Waals surface area contributed by atoms with Crippen molar-refractivity contribution in [1.82, 2.24) is 4.90 Å². The summed E-state index contributed by atoms with van der Waals surface area (Å²) < 4.78 is 5.68. The predicted molar refractivity (Wildman–Crippen MR) is 80.4 cm³/mol. The molecular formula is C15H15ClN2O2. The fraction of sp³-hybridized carbons (Fsp3) is 0.133. The summed E-state index contributed by atoms with van der Waals surface area (Å²) in [5.74, 6) is 0.787. The molecule has 0 aliphatic heterocycles. The molecule has 20 heavy (non-hydrogen) atoms. The molecule has 0 heterocycles. The van der Waals surface area contributed by atoms with Crippen LogP contribution in [-0.4, -0.2) is 24.9 Å². The van der Waals surface area contributed by atoms with Gasteiger partial charge in [-0.25, -0.2) is 0 Å². The van der Waals surface area contributed by atoms with Crippen LogP contribution in [0.2, 0.25) is 5.02 Å². The Balaban J connectivity index is 2.35. The van der Waals surface area contributed by atoms with Crippen LogP contribution in [0, 0.1) is 0 Å². The largest absolute Gasteiger partial charge is 0.454 e. The summed E-state index contributed by atoms with van der Waals surface area (Å²) in [5, 5.41) is 0.483. The molecule has 0 aliphatic carbocycles. The van der Waals surface area contributed by atoms with E-state index < -0.39 is 0 Å². The van der Waals surface area contributed by atoms with E-state index in [0.29, 0.717) is 27.8 Å². The Morgan fingerprint density at radius 2 is 1.85 bits per heavy atom. The average molecular weight is 291 g/mol. The lowest BCUT2D eigenvalue weighted by Gasteiger charge is -2.13. The normalized spacial score (nSPS) is 10.2. The summed E-state index contributed by atoms with van der Waals surface area (Å²) in [6.07, 6.45) is 0. The first-order valence-electron chi connectivity index (χ1n) is 6.02. The van der Waals surface area contributed by atoms with Crippen molar-refractivity contribution >= 4 is 23.2 Å². The molecular weight excluding hydrogens is 276 g/mol. The number of nitrogen functional groups attached to an aromatic ring is 1. The summed E-state index contributed by atoms with van der Waals surface area (Å²) in [4.78, 5) is 13.4. The van der Waals surface area contributed by atoms with Gasteiger partial charge >= 0.3 is 0 Å². The molecule has 2 N–H and O–H groups in total. The molecule has 1 amide bonds. The Morgan fingerprint density at radius 3 is 2.50 bits per heavy atom. The van der Waals surface area contributed by atoms with Gasteiger partial charge in [-0.05, 0) is 30.3 Å². The number of rotatable bonds is 3. The van der Waals surface area contributed by atoms with E-state index in [2.05, 4.69) is 0 Å². The lowest BCUT2D eigenvalue weighted by atomic mass is 10.1. The van der Waals surface area contributed by atoms with Gasteiger partial charge in [-0.3, -0.25) is 4.79 Å². The first-order valence-corrected chi connectivity index (χ1v) is 6.40. The summed E-state index contributed by atoms with van der Waals surface area (Å²) >= 11 is 6.04. The monoisotopic (exact) mass is 290 g/mol. The van der Waals surface area contributed by atoms with Gasteiger partial charge in [-0.15, -0.1) is 0 Å². The number of halogens is 1. The van der Waals surface area contributed by atoms with Crippen LogP contribution in [0.5, 0.6) is 11.5 Å². The fourth-order valence-corrected chi connectivity index (χ4v) is 1.83. The maximum absolute atomic E-state index is 11.9. The maximum Gasteiger partial charge on any atom is 0.253 e. The maximum atomic E-state index is 11.9. The number of carbonyl (C=O) groups excluding carboxylic acids is 1. The van der Waals surface area contributed by atoms with Crippen LogP contribution in [-0.2, 0) is 0 Å². The van der Waals surface area contributed by atoms with E-state index in [0.717, 1.165) is 0 Å². The number of nitrogens with zero attached hydrogens (tertiary/aromatic N) is 1. The standard InChI is InChI=1S/C15H15ClN2O2/c1-18(2)15(19)10-7-8-12(17)14(9-10)20-13-6-4-3-5-11(13)16/h3-9H,17H2,1-2H3. The van der Waals surface area contributed by atoms with Crippen LogP contribution >= 0.6 is 11.6 Å². The molecule has 5 heteroatoms. The number of hydrogen-bond acceptors (Lipinski definition) is 3. The molecule has 2 aromatic carbocycles. The van der Waals surface area contributed by atoms with Gasteiger partial charge in [0.2, 0.25) is 0 Å². The molecule has 104 valence electrons. The molecule has 2 aromatic rings. The Labute approximate surface area is 122 Å². The predicted octanol–water partition coefficient (Wildman–Crippen LogP) is 3.42. The second-order valence-corrected chi connectivity index (χ2v) is 4.89. The van der Waals surface area contributed by atoms with Crippen LogP contribution in [0.25, 0.3) is 0 Å². The first-order chi connectivity index (χ1) is 9.49. The van der Waals surface area contributed by atoms with Crippen molar-refractivity contribution in [2.75, 3.05) is 19.8 Å². The van der Waals surface area contributed by atoms with E-state index in [4.69, 9.17) is 22.1 Å². The highest BCUT2D eigenvalue weighted by atomic mass is 35.5. The molecule has 0 saturated carbocycles. The molecule has 0 bridgehead atoms. The zero-order valence-corrected chi connectivity index (χ0v) is 12.0. The van der Waals surface area contributed by atoms with Crippen molar-refractivity contribution in [1.29, 1.82) is 0 Å². The van der Waals surface area contributed by atoms with Gasteiger partial charge in [-0.2, -0.15) is 0 Å². The molecule has 2 rings (SSSR count). The summed E-state index contributed by atoms with van der Waals surface area (Å²) in [6, 6.07) is 12.0. The smallest absolute Gasteiger partial charge is 0.253 e. The highest BCUT2D eigenvalue weighted by molar-refractivity contribution is 6.32. The number of hydrogen-bond donors (Lipinski definition) is 1. The number of anilines is 1. The van der Waals surface area contributed by atoms with Gasteiger partial charge in [0.15, 0.2) is 5.75 Å². The van der Waals surface area contributed by atoms with Crippen molar-refractivity contribution < 1.29 is 9.53 Å². The number of amides is 1. The fourth-order valence-electron chi connectivity index (χ4n) is 1.66. The van der Waals surface area contributed by atoms with Crippen molar-refractivity contribution in [3.63, 3.8) is 0 Å². The second kappa shape index (κ2) is 5.84. The molecule has 0 atom stereocenters. The summed E-state index contributed by atoms with van der Waals surface area (Å²) in [5.41, 5.74) is 6.82. The van der Waals surface area contributed by atoms with Gasteiger partial charge < -0.3 is 15.4 Å². The first kappa shape index (κ1) is 14.2. The van der Waals surface area contributed by atoms with Crippen LogP contribution in [0.4, 0.5) is 5.69 Å². The number of ether oxygens (including phenoxy) is 1. The van der Waals surface area contributed by atoms with E-state index in [1.54, 1.807) is 44.4 Å². The molecule has 0 radical (unpaired) electrons. The third-order valence-electron chi connectivity index (χ3n) is 2.72. The van der Waals surface area contributed by atoms with Crippen molar-refractivity contribution in [2.45, 2.75) is 0 Å². The quantitative estimate of drug-likeness (QED) is 0.881. The lowest BCUT2D eigenvalue weighted by molar-refractivity contribution is 0.0827. The van der Waals surface area contributed by atoms with Gasteiger partial charge in [0.1, 0.15) is 5.75 Å². The van der Waals surface area contributed by atoms with Crippen LogP contribution in [0.15, 0.2) is 42.5 Å². The highest BCUT2D eigenvalue weighted by Crippen LogP contribution is 2.32. The van der Waals surface area contributed by atoms with Gasteiger partial charge in [0.05, 0.1) is 10.7 Å². The molecule has 0 spiro atoms. The Hall–Kier alpha value is -2.20. The zero-order chi connectivity index (χ0) is 14.7. The van der Waals surface area contributed by atoms with Crippen molar-refractivity contribution in [3.05, 3.63) is 53.1 Å². The molecule has 4 nitrogen and oxygen atoms in total. The van der Waals surface area contributed by atoms with E-state index in [-0.39, 0.29) is 5.91 Å². The number of nitrogens with two attached hydrogens (primary N) is 1. The zero-order valence-electron chi connectivity index (χ0n) is 11.3. The lowest BCUT2D eigenvalue weighted by Crippen LogP contribution is -2.21. The van der Waals surface area contributed by atoms with E-state index in [1.165, 1.54) is 4.90 Å². The van der Waals surface area contributed by atoms with Crippen molar-refractivity contribution in [3.8, 4) is 11.5 Å². The third kappa shape index (κ3) is 3.03. The minimum atomic E-state index is -0.117. The summed E-state index contributed by atoms with van der Waals surface area (Å²) in [7, 11) is 3.38. The third-order valence-corrected chi connectivity index (χ3v) is 3.04. The Bertz CT molecular complexity index is 642. The number of benzene rings is 2. The van der Waals surface area contributed by atoms with Gasteiger partial charge in [0, 0.05) is 19.7 Å². The minimum Gasteiger partial charge on any atom is -0.454 e. The Kier molecular flexibility index (Phi) is 4.15. The molecule has 0 aromatic heterocycles. The van der Waals surface area contributed by atoms with Crippen LogP contribution in [0.1, 0.15) is 10.4 Å². The topological polar surface area (TPSA) is 55.6 Å². The average Bonchev–Trinajstić information content (AvgIpc) is 2.42. The van der Waals surface area contributed by atoms with Crippen LogP contribution < -0.4 is 10.5 Å². The number of para-hydroxylation sites is 1. The summed E-state index contributed by atoms with van der Waals surface area (Å²) in [6.45, 7) is 0. The second-order valence-electron chi connectivity index (χ2n) is 4.48. The molecule has 0 aliphatic rings. The highest BCUT2D eigenvalue weighted by Gasteiger charge is 2.12. The van der Waals surface area contributed by atoms with E-state index >= 15 is 0 Å². The van der Waals surface area contributed by atoms with Crippen molar-refractivity contribution in [2.24, 2.45) is 0 Å². The molecule has 0 unspecified atom stereocenters. The minimum absolute atomic E-state index is 0.117.